The maximum atomic E-state index is 5.67. The SMILES string of the molecule is CCNc1cc(Oc2ccccc2OC)nc(N)n1. The molecule has 0 aliphatic heterocycles. The van der Waals surface area contributed by atoms with E-state index in [4.69, 9.17) is 15.2 Å². The number of hydrogen-bond acceptors (Lipinski definition) is 6. The van der Waals surface area contributed by atoms with Gasteiger partial charge in [-0.1, -0.05) is 12.1 Å². The van der Waals surface area contributed by atoms with Crippen LogP contribution < -0.4 is 20.5 Å². The Bertz CT molecular complexity index is 560. The number of ether oxygens (including phenoxy) is 2. The van der Waals surface area contributed by atoms with E-state index in [1.807, 2.05) is 25.1 Å². The number of benzene rings is 1. The summed E-state index contributed by atoms with van der Waals surface area (Å²) in [6.07, 6.45) is 0. The number of rotatable bonds is 5. The first kappa shape index (κ1) is 12.9. The fourth-order valence-electron chi connectivity index (χ4n) is 1.58. The summed E-state index contributed by atoms with van der Waals surface area (Å²) >= 11 is 0. The van der Waals surface area contributed by atoms with Crippen LogP contribution >= 0.6 is 0 Å². The number of nitrogen functional groups attached to an aromatic ring is 1. The number of aromatic nitrogens is 2. The molecule has 1 heterocycles. The summed E-state index contributed by atoms with van der Waals surface area (Å²) in [6.45, 7) is 2.71. The van der Waals surface area contributed by atoms with E-state index in [-0.39, 0.29) is 5.95 Å². The number of nitrogens with two attached hydrogens (primary N) is 1. The first-order valence-electron chi connectivity index (χ1n) is 5.92. The minimum absolute atomic E-state index is 0.156. The molecule has 0 unspecified atom stereocenters. The average Bonchev–Trinajstić information content (AvgIpc) is 2.39. The Morgan fingerprint density at radius 2 is 1.95 bits per heavy atom. The molecular formula is C13H16N4O2. The zero-order chi connectivity index (χ0) is 13.7. The molecule has 0 aliphatic rings. The number of nitrogens with zero attached hydrogens (tertiary/aromatic N) is 2. The quantitative estimate of drug-likeness (QED) is 0.858. The standard InChI is InChI=1S/C13H16N4O2/c1-3-15-11-8-12(17-13(14)16-11)19-10-7-5-4-6-9(10)18-2/h4-8H,3H2,1-2H3,(H3,14,15,16,17). The molecule has 0 amide bonds. The molecule has 19 heavy (non-hydrogen) atoms. The zero-order valence-electron chi connectivity index (χ0n) is 10.9. The van der Waals surface area contributed by atoms with Crippen LogP contribution in [0.15, 0.2) is 30.3 Å². The van der Waals surface area contributed by atoms with E-state index in [1.165, 1.54) is 0 Å². The second kappa shape index (κ2) is 5.90. The molecule has 0 aliphatic carbocycles. The molecule has 0 spiro atoms. The summed E-state index contributed by atoms with van der Waals surface area (Å²) in [6, 6.07) is 9.01. The molecule has 2 rings (SSSR count). The van der Waals surface area contributed by atoms with Crippen LogP contribution in [-0.2, 0) is 0 Å². The molecule has 1 aromatic carbocycles. The van der Waals surface area contributed by atoms with Crippen molar-refractivity contribution in [2.24, 2.45) is 0 Å². The van der Waals surface area contributed by atoms with Crippen LogP contribution in [0.2, 0.25) is 0 Å². The fraction of sp³-hybridized carbons (Fsp3) is 0.231. The van der Waals surface area contributed by atoms with Crippen LogP contribution in [-0.4, -0.2) is 23.6 Å². The maximum absolute atomic E-state index is 5.67. The van der Waals surface area contributed by atoms with E-state index in [0.29, 0.717) is 23.2 Å². The molecule has 1 aromatic heterocycles. The highest BCUT2D eigenvalue weighted by Crippen LogP contribution is 2.30. The van der Waals surface area contributed by atoms with Gasteiger partial charge in [0, 0.05) is 12.6 Å². The van der Waals surface area contributed by atoms with E-state index in [2.05, 4.69) is 15.3 Å². The highest BCUT2D eigenvalue weighted by molar-refractivity contribution is 5.46. The van der Waals surface area contributed by atoms with Crippen LogP contribution in [0, 0.1) is 0 Å². The Hall–Kier alpha value is -2.50. The molecule has 100 valence electrons. The monoisotopic (exact) mass is 260 g/mol. The predicted molar refractivity (Wildman–Crippen MR) is 73.7 cm³/mol. The Labute approximate surface area is 111 Å². The van der Waals surface area contributed by atoms with E-state index < -0.39 is 0 Å². The van der Waals surface area contributed by atoms with Crippen molar-refractivity contribution in [3.63, 3.8) is 0 Å². The van der Waals surface area contributed by atoms with E-state index in [9.17, 15) is 0 Å². The van der Waals surface area contributed by atoms with Crippen molar-refractivity contribution in [1.29, 1.82) is 0 Å². The Kier molecular flexibility index (Phi) is 4.02. The van der Waals surface area contributed by atoms with E-state index in [1.54, 1.807) is 19.2 Å². The zero-order valence-corrected chi connectivity index (χ0v) is 10.9. The summed E-state index contributed by atoms with van der Waals surface area (Å²) in [4.78, 5) is 8.09. The molecule has 0 saturated carbocycles. The Morgan fingerprint density at radius 3 is 2.63 bits per heavy atom. The second-order valence-electron chi connectivity index (χ2n) is 3.73. The normalized spacial score (nSPS) is 10.0. The van der Waals surface area contributed by atoms with E-state index in [0.717, 1.165) is 6.54 Å². The van der Waals surface area contributed by atoms with Crippen molar-refractivity contribution in [3.8, 4) is 17.4 Å². The number of para-hydroxylation sites is 2. The molecule has 0 bridgehead atoms. The molecular weight excluding hydrogens is 244 g/mol. The average molecular weight is 260 g/mol. The largest absolute Gasteiger partial charge is 0.493 e. The lowest BCUT2D eigenvalue weighted by Crippen LogP contribution is -2.04. The Balaban J connectivity index is 2.27. The van der Waals surface area contributed by atoms with Gasteiger partial charge in [0.25, 0.3) is 0 Å². The van der Waals surface area contributed by atoms with Crippen molar-refractivity contribution < 1.29 is 9.47 Å². The van der Waals surface area contributed by atoms with Crippen LogP contribution in [0.4, 0.5) is 11.8 Å². The molecule has 2 aromatic rings. The number of methoxy groups -OCH3 is 1. The third-order valence-electron chi connectivity index (χ3n) is 2.36. The van der Waals surface area contributed by atoms with Crippen molar-refractivity contribution in [1.82, 2.24) is 9.97 Å². The van der Waals surface area contributed by atoms with Crippen molar-refractivity contribution in [3.05, 3.63) is 30.3 Å². The summed E-state index contributed by atoms with van der Waals surface area (Å²) in [7, 11) is 1.58. The lowest BCUT2D eigenvalue weighted by atomic mass is 10.3. The summed E-state index contributed by atoms with van der Waals surface area (Å²) in [5.74, 6) is 2.35. The van der Waals surface area contributed by atoms with Gasteiger partial charge >= 0.3 is 0 Å². The highest BCUT2D eigenvalue weighted by Gasteiger charge is 2.07. The van der Waals surface area contributed by atoms with Gasteiger partial charge in [-0.15, -0.1) is 0 Å². The number of hydrogen-bond donors (Lipinski definition) is 2. The Morgan fingerprint density at radius 1 is 1.21 bits per heavy atom. The number of anilines is 2. The molecule has 3 N–H and O–H groups in total. The van der Waals surface area contributed by atoms with Gasteiger partial charge in [0.05, 0.1) is 7.11 Å². The van der Waals surface area contributed by atoms with Gasteiger partial charge in [0.1, 0.15) is 5.82 Å². The van der Waals surface area contributed by atoms with E-state index >= 15 is 0 Å². The minimum atomic E-state index is 0.156. The van der Waals surface area contributed by atoms with Gasteiger partial charge in [-0.3, -0.25) is 0 Å². The molecule has 0 saturated heterocycles. The summed E-state index contributed by atoms with van der Waals surface area (Å²) in [5.41, 5.74) is 5.64. The van der Waals surface area contributed by atoms with Gasteiger partial charge in [0.15, 0.2) is 11.5 Å². The summed E-state index contributed by atoms with van der Waals surface area (Å²) < 4.78 is 10.9. The van der Waals surface area contributed by atoms with Crippen molar-refractivity contribution in [2.45, 2.75) is 6.92 Å². The van der Waals surface area contributed by atoms with Crippen molar-refractivity contribution >= 4 is 11.8 Å². The highest BCUT2D eigenvalue weighted by atomic mass is 16.5. The topological polar surface area (TPSA) is 82.3 Å². The molecule has 6 nitrogen and oxygen atoms in total. The van der Waals surface area contributed by atoms with Crippen LogP contribution in [0.5, 0.6) is 17.4 Å². The maximum Gasteiger partial charge on any atom is 0.226 e. The minimum Gasteiger partial charge on any atom is -0.493 e. The van der Waals surface area contributed by atoms with Gasteiger partial charge < -0.3 is 20.5 Å². The third-order valence-corrected chi connectivity index (χ3v) is 2.36. The van der Waals surface area contributed by atoms with Crippen LogP contribution in [0.1, 0.15) is 6.92 Å². The van der Waals surface area contributed by atoms with Crippen LogP contribution in [0.3, 0.4) is 0 Å². The lowest BCUT2D eigenvalue weighted by Gasteiger charge is -2.10. The second-order valence-corrected chi connectivity index (χ2v) is 3.73. The van der Waals surface area contributed by atoms with Crippen LogP contribution in [0.25, 0.3) is 0 Å². The van der Waals surface area contributed by atoms with Gasteiger partial charge in [0.2, 0.25) is 11.8 Å². The molecule has 0 atom stereocenters. The van der Waals surface area contributed by atoms with Gasteiger partial charge in [-0.05, 0) is 19.1 Å². The molecule has 0 radical (unpaired) electrons. The first-order chi connectivity index (χ1) is 9.22. The first-order valence-corrected chi connectivity index (χ1v) is 5.92. The van der Waals surface area contributed by atoms with Crippen molar-refractivity contribution in [2.75, 3.05) is 24.7 Å². The summed E-state index contributed by atoms with van der Waals surface area (Å²) in [5, 5.41) is 3.06. The smallest absolute Gasteiger partial charge is 0.226 e. The lowest BCUT2D eigenvalue weighted by molar-refractivity contribution is 0.374. The molecule has 0 fully saturated rings. The van der Waals surface area contributed by atoms with Gasteiger partial charge in [-0.25, -0.2) is 0 Å². The fourth-order valence-corrected chi connectivity index (χ4v) is 1.58. The van der Waals surface area contributed by atoms with Gasteiger partial charge in [-0.2, -0.15) is 9.97 Å². The third kappa shape index (κ3) is 3.25. The molecule has 6 heteroatoms. The number of nitrogens with one attached hydrogen (secondary N) is 1. The predicted octanol–water partition coefficient (Wildman–Crippen LogP) is 2.29.